The highest BCUT2D eigenvalue weighted by Gasteiger charge is 2.27. The van der Waals surface area contributed by atoms with Gasteiger partial charge in [-0.2, -0.15) is 0 Å². The van der Waals surface area contributed by atoms with Crippen molar-refractivity contribution >= 4 is 17.4 Å². The number of aromatic nitrogens is 1. The lowest BCUT2D eigenvalue weighted by Gasteiger charge is -2.27. The van der Waals surface area contributed by atoms with Crippen LogP contribution in [-0.4, -0.2) is 29.6 Å². The zero-order chi connectivity index (χ0) is 13.0. The molecule has 18 heavy (non-hydrogen) atoms. The third-order valence-electron chi connectivity index (χ3n) is 3.21. The molecule has 2 heterocycles. The van der Waals surface area contributed by atoms with Gasteiger partial charge in [0.1, 0.15) is 0 Å². The smallest absolute Gasteiger partial charge is 0.171 e. The molecule has 0 saturated carbocycles. The lowest BCUT2D eigenvalue weighted by Crippen LogP contribution is -2.31. The summed E-state index contributed by atoms with van der Waals surface area (Å²) in [5.41, 5.74) is 0. The molecule has 1 aliphatic rings. The Labute approximate surface area is 114 Å². The molecule has 0 amide bonds. The maximum atomic E-state index is 5.88. The number of hydrogen-bond acceptors (Lipinski definition) is 3. The van der Waals surface area contributed by atoms with Gasteiger partial charge in [-0.25, -0.2) is 4.98 Å². The van der Waals surface area contributed by atoms with Crippen molar-refractivity contribution in [1.82, 2.24) is 4.98 Å². The van der Waals surface area contributed by atoms with E-state index in [0.717, 1.165) is 24.5 Å². The molecule has 1 aromatic heterocycles. The molecule has 100 valence electrons. The number of nitrogens with zero attached hydrogens (tertiary/aromatic N) is 2. The maximum absolute atomic E-state index is 5.88. The first-order valence-electron chi connectivity index (χ1n) is 6.66. The Morgan fingerprint density at radius 2 is 2.39 bits per heavy atom. The minimum Gasteiger partial charge on any atom is -0.487 e. The van der Waals surface area contributed by atoms with Crippen LogP contribution in [0.15, 0.2) is 18.3 Å². The fourth-order valence-corrected chi connectivity index (χ4v) is 2.74. The van der Waals surface area contributed by atoms with Gasteiger partial charge in [0.2, 0.25) is 0 Å². The van der Waals surface area contributed by atoms with Crippen LogP contribution in [0.5, 0.6) is 5.75 Å². The Balaban J connectivity index is 2.20. The second-order valence-electron chi connectivity index (χ2n) is 4.96. The van der Waals surface area contributed by atoms with Gasteiger partial charge >= 0.3 is 0 Å². The highest BCUT2D eigenvalue weighted by molar-refractivity contribution is 6.17. The highest BCUT2D eigenvalue weighted by Crippen LogP contribution is 2.33. The highest BCUT2D eigenvalue weighted by atomic mass is 35.5. The quantitative estimate of drug-likeness (QED) is 0.765. The number of alkyl halides is 1. The van der Waals surface area contributed by atoms with E-state index >= 15 is 0 Å². The standard InChI is InChI=1S/C14H21ClN2O/c1-11(2)18-13-6-3-9-16-14(13)17-10-4-5-12(17)7-8-15/h3,6,9,11-12H,4-5,7-8,10H2,1-2H3. The van der Waals surface area contributed by atoms with Crippen molar-refractivity contribution < 1.29 is 4.74 Å². The van der Waals surface area contributed by atoms with Crippen molar-refractivity contribution in [3.05, 3.63) is 18.3 Å². The fraction of sp³-hybridized carbons (Fsp3) is 0.643. The Bertz CT molecular complexity index is 384. The Hall–Kier alpha value is -0.960. The van der Waals surface area contributed by atoms with Gasteiger partial charge in [0.05, 0.1) is 6.10 Å². The number of rotatable bonds is 5. The van der Waals surface area contributed by atoms with E-state index in [1.807, 2.05) is 32.2 Å². The summed E-state index contributed by atoms with van der Waals surface area (Å²) < 4.78 is 5.85. The molecule has 3 nitrogen and oxygen atoms in total. The molecule has 1 saturated heterocycles. The number of hydrogen-bond donors (Lipinski definition) is 0. The molecule has 0 radical (unpaired) electrons. The van der Waals surface area contributed by atoms with Gasteiger partial charge in [0.15, 0.2) is 11.6 Å². The van der Waals surface area contributed by atoms with Crippen molar-refractivity contribution in [2.24, 2.45) is 0 Å². The third-order valence-corrected chi connectivity index (χ3v) is 3.42. The number of halogens is 1. The van der Waals surface area contributed by atoms with Gasteiger partial charge in [-0.1, -0.05) is 0 Å². The zero-order valence-corrected chi connectivity index (χ0v) is 11.9. The summed E-state index contributed by atoms with van der Waals surface area (Å²) in [5, 5.41) is 0. The van der Waals surface area contributed by atoms with Crippen LogP contribution in [0.1, 0.15) is 33.1 Å². The summed E-state index contributed by atoms with van der Waals surface area (Å²) in [6, 6.07) is 4.43. The van der Waals surface area contributed by atoms with E-state index in [2.05, 4.69) is 9.88 Å². The second kappa shape index (κ2) is 6.28. The molecule has 1 aliphatic heterocycles. The van der Waals surface area contributed by atoms with Crippen LogP contribution in [0.4, 0.5) is 5.82 Å². The summed E-state index contributed by atoms with van der Waals surface area (Å²) >= 11 is 5.88. The Morgan fingerprint density at radius 3 is 3.11 bits per heavy atom. The van der Waals surface area contributed by atoms with Gasteiger partial charge in [-0.15, -0.1) is 11.6 Å². The molecule has 1 aromatic rings. The molecule has 2 rings (SSSR count). The Kier molecular flexibility index (Phi) is 4.70. The van der Waals surface area contributed by atoms with Gasteiger partial charge in [0, 0.05) is 24.7 Å². The van der Waals surface area contributed by atoms with Crippen LogP contribution in [0, 0.1) is 0 Å². The lowest BCUT2D eigenvalue weighted by molar-refractivity contribution is 0.242. The minimum atomic E-state index is 0.169. The average Bonchev–Trinajstić information content (AvgIpc) is 2.78. The molecule has 1 atom stereocenters. The monoisotopic (exact) mass is 268 g/mol. The van der Waals surface area contributed by atoms with E-state index < -0.39 is 0 Å². The van der Waals surface area contributed by atoms with Gasteiger partial charge < -0.3 is 9.64 Å². The van der Waals surface area contributed by atoms with Gasteiger partial charge in [0.25, 0.3) is 0 Å². The zero-order valence-electron chi connectivity index (χ0n) is 11.1. The first-order chi connectivity index (χ1) is 8.72. The number of pyridine rings is 1. The first-order valence-corrected chi connectivity index (χ1v) is 7.20. The first kappa shape index (κ1) is 13.5. The molecule has 1 fully saturated rings. The van der Waals surface area contributed by atoms with E-state index in [9.17, 15) is 0 Å². The summed E-state index contributed by atoms with van der Waals surface area (Å²) in [6.45, 7) is 5.13. The van der Waals surface area contributed by atoms with Crippen molar-refractivity contribution in [3.8, 4) is 5.75 Å². The maximum Gasteiger partial charge on any atom is 0.171 e. The molecule has 0 N–H and O–H groups in total. The molecule has 0 bridgehead atoms. The van der Waals surface area contributed by atoms with Crippen molar-refractivity contribution in [2.75, 3.05) is 17.3 Å². The van der Waals surface area contributed by atoms with E-state index in [-0.39, 0.29) is 6.10 Å². The van der Waals surface area contributed by atoms with Crippen molar-refractivity contribution in [3.63, 3.8) is 0 Å². The Morgan fingerprint density at radius 1 is 1.56 bits per heavy atom. The largest absolute Gasteiger partial charge is 0.487 e. The summed E-state index contributed by atoms with van der Waals surface area (Å²) in [7, 11) is 0. The number of ether oxygens (including phenoxy) is 1. The molecule has 1 unspecified atom stereocenters. The van der Waals surface area contributed by atoms with Crippen LogP contribution >= 0.6 is 11.6 Å². The normalized spacial score (nSPS) is 19.6. The van der Waals surface area contributed by atoms with E-state index in [1.165, 1.54) is 12.8 Å². The fourth-order valence-electron chi connectivity index (χ4n) is 2.48. The van der Waals surface area contributed by atoms with Gasteiger partial charge in [-0.3, -0.25) is 0 Å². The van der Waals surface area contributed by atoms with Crippen LogP contribution in [-0.2, 0) is 0 Å². The third kappa shape index (κ3) is 3.08. The summed E-state index contributed by atoms with van der Waals surface area (Å²) in [4.78, 5) is 6.85. The van der Waals surface area contributed by atoms with E-state index in [0.29, 0.717) is 11.9 Å². The average molecular weight is 269 g/mol. The molecule has 0 aromatic carbocycles. The van der Waals surface area contributed by atoms with Crippen LogP contribution < -0.4 is 9.64 Å². The number of anilines is 1. The van der Waals surface area contributed by atoms with Crippen molar-refractivity contribution in [1.29, 1.82) is 0 Å². The van der Waals surface area contributed by atoms with Gasteiger partial charge in [-0.05, 0) is 45.2 Å². The molecule has 0 aliphatic carbocycles. The van der Waals surface area contributed by atoms with Crippen molar-refractivity contribution in [2.45, 2.75) is 45.3 Å². The predicted octanol–water partition coefficient (Wildman–Crippen LogP) is 3.47. The minimum absolute atomic E-state index is 0.169. The lowest BCUT2D eigenvalue weighted by atomic mass is 10.1. The van der Waals surface area contributed by atoms with E-state index in [4.69, 9.17) is 16.3 Å². The van der Waals surface area contributed by atoms with E-state index in [1.54, 1.807) is 0 Å². The predicted molar refractivity (Wildman–Crippen MR) is 75.7 cm³/mol. The SMILES string of the molecule is CC(C)Oc1cccnc1N1CCCC1CCCl. The summed E-state index contributed by atoms with van der Waals surface area (Å²) in [5.74, 6) is 2.56. The molecular weight excluding hydrogens is 248 g/mol. The summed E-state index contributed by atoms with van der Waals surface area (Å²) in [6.07, 6.45) is 5.42. The molecule has 4 heteroatoms. The molecular formula is C14H21ClN2O. The van der Waals surface area contributed by atoms with Crippen LogP contribution in [0.25, 0.3) is 0 Å². The topological polar surface area (TPSA) is 25.4 Å². The van der Waals surface area contributed by atoms with Crippen LogP contribution in [0.2, 0.25) is 0 Å². The second-order valence-corrected chi connectivity index (χ2v) is 5.34. The molecule has 0 spiro atoms. The van der Waals surface area contributed by atoms with Crippen LogP contribution in [0.3, 0.4) is 0 Å².